The third kappa shape index (κ3) is 4.41. The van der Waals surface area contributed by atoms with Gasteiger partial charge in [-0.15, -0.1) is 0 Å². The maximum absolute atomic E-state index is 12.5. The van der Waals surface area contributed by atoms with Crippen LogP contribution in [-0.2, 0) is 9.47 Å². The van der Waals surface area contributed by atoms with E-state index in [0.717, 1.165) is 16.6 Å². The number of anilines is 1. The predicted octanol–water partition coefficient (Wildman–Crippen LogP) is 5.02. The Morgan fingerprint density at radius 2 is 1.62 bits per heavy atom. The van der Waals surface area contributed by atoms with Gasteiger partial charge >= 0.3 is 11.9 Å². The third-order valence-corrected chi connectivity index (χ3v) is 5.60. The average molecular weight is 456 g/mol. The number of nitrogens with zero attached hydrogens (tertiary/aromatic N) is 1. The van der Waals surface area contributed by atoms with Crippen molar-refractivity contribution >= 4 is 28.5 Å². The molecule has 0 amide bonds. The van der Waals surface area contributed by atoms with E-state index < -0.39 is 18.0 Å². The topological polar surface area (TPSA) is 97.8 Å². The Hall–Kier alpha value is -4.39. The highest BCUT2D eigenvalue weighted by molar-refractivity contribution is 5.99. The number of aromatic nitrogens is 1. The number of fused-ring (bicyclic) bond motifs is 1. The number of phenols is 1. The van der Waals surface area contributed by atoms with E-state index in [-0.39, 0.29) is 16.9 Å². The summed E-state index contributed by atoms with van der Waals surface area (Å²) >= 11 is 0. The molecule has 0 saturated carbocycles. The number of hydrogen-bond donors (Lipinski definition) is 2. The van der Waals surface area contributed by atoms with Crippen LogP contribution in [-0.4, -0.2) is 36.2 Å². The minimum Gasteiger partial charge on any atom is -0.505 e. The van der Waals surface area contributed by atoms with Gasteiger partial charge in [-0.3, -0.25) is 0 Å². The number of phenolic OH excluding ortho intramolecular Hbond substituents is 1. The first kappa shape index (κ1) is 22.8. The second kappa shape index (κ2) is 9.62. The van der Waals surface area contributed by atoms with Gasteiger partial charge in [-0.05, 0) is 36.8 Å². The average Bonchev–Trinajstić information content (AvgIpc) is 2.87. The molecule has 0 bridgehead atoms. The number of benzene rings is 3. The van der Waals surface area contributed by atoms with Gasteiger partial charge in [0.05, 0.1) is 37.1 Å². The summed E-state index contributed by atoms with van der Waals surface area (Å²) in [6.45, 7) is 1.86. The first-order chi connectivity index (χ1) is 16.4. The number of nitrogens with one attached hydrogen (secondary N) is 1. The summed E-state index contributed by atoms with van der Waals surface area (Å²) in [5, 5.41) is 15.4. The van der Waals surface area contributed by atoms with E-state index in [1.54, 1.807) is 0 Å². The molecule has 0 aliphatic heterocycles. The van der Waals surface area contributed by atoms with Crippen LogP contribution in [0.3, 0.4) is 0 Å². The summed E-state index contributed by atoms with van der Waals surface area (Å²) in [4.78, 5) is 29.2. The number of ether oxygens (including phenoxy) is 2. The van der Waals surface area contributed by atoms with Crippen molar-refractivity contribution in [2.45, 2.75) is 13.0 Å². The molecule has 0 fully saturated rings. The zero-order chi connectivity index (χ0) is 24.2. The number of aryl methyl sites for hydroxylation is 1. The van der Waals surface area contributed by atoms with E-state index in [4.69, 9.17) is 9.47 Å². The van der Waals surface area contributed by atoms with Crippen LogP contribution >= 0.6 is 0 Å². The summed E-state index contributed by atoms with van der Waals surface area (Å²) < 4.78 is 9.78. The minimum atomic E-state index is -0.566. The quantitative estimate of drug-likeness (QED) is 0.393. The maximum Gasteiger partial charge on any atom is 0.339 e. The van der Waals surface area contributed by atoms with Crippen molar-refractivity contribution in [3.05, 3.63) is 101 Å². The number of pyridine rings is 1. The zero-order valence-corrected chi connectivity index (χ0v) is 19.0. The molecule has 7 nitrogen and oxygen atoms in total. The van der Waals surface area contributed by atoms with Gasteiger partial charge in [-0.2, -0.15) is 0 Å². The Balaban J connectivity index is 1.89. The van der Waals surface area contributed by atoms with Gasteiger partial charge in [0.1, 0.15) is 11.3 Å². The predicted molar refractivity (Wildman–Crippen MR) is 129 cm³/mol. The standard InChI is InChI=1S/C27H24N2O5/c1-16-9-10-18-11-14-21(25(30)24(18)28-16)23(17-7-5-4-6-8-17)29-22-15-19(26(31)33-2)12-13-20(22)27(32)34-3/h4-15,23,29-30H,1-3H3. The van der Waals surface area contributed by atoms with Gasteiger partial charge in [0.25, 0.3) is 0 Å². The molecule has 4 aromatic rings. The van der Waals surface area contributed by atoms with E-state index in [1.807, 2.05) is 61.5 Å². The lowest BCUT2D eigenvalue weighted by atomic mass is 9.95. The normalized spacial score (nSPS) is 11.6. The van der Waals surface area contributed by atoms with Crippen LogP contribution < -0.4 is 5.32 Å². The molecule has 1 aromatic heterocycles. The van der Waals surface area contributed by atoms with Crippen molar-refractivity contribution in [2.24, 2.45) is 0 Å². The molecule has 2 N–H and O–H groups in total. The first-order valence-corrected chi connectivity index (χ1v) is 10.6. The van der Waals surface area contributed by atoms with E-state index in [2.05, 4.69) is 10.3 Å². The molecule has 1 atom stereocenters. The number of carbonyl (C=O) groups is 2. The van der Waals surface area contributed by atoms with E-state index in [9.17, 15) is 14.7 Å². The fraction of sp³-hybridized carbons (Fsp3) is 0.148. The van der Waals surface area contributed by atoms with Gasteiger partial charge < -0.3 is 19.9 Å². The molecule has 3 aromatic carbocycles. The van der Waals surface area contributed by atoms with Crippen LogP contribution in [0.4, 0.5) is 5.69 Å². The lowest BCUT2D eigenvalue weighted by Crippen LogP contribution is -2.17. The fourth-order valence-electron chi connectivity index (χ4n) is 3.86. The summed E-state index contributed by atoms with van der Waals surface area (Å²) in [6.07, 6.45) is 0. The molecule has 0 aliphatic carbocycles. The Morgan fingerprint density at radius 1 is 0.912 bits per heavy atom. The van der Waals surface area contributed by atoms with Gasteiger partial charge in [0.2, 0.25) is 0 Å². The van der Waals surface area contributed by atoms with E-state index in [0.29, 0.717) is 16.8 Å². The molecule has 7 heteroatoms. The SMILES string of the molecule is COC(=O)c1ccc(C(=O)OC)c(NC(c2ccccc2)c2ccc3ccc(C)nc3c2O)c1. The molecule has 34 heavy (non-hydrogen) atoms. The lowest BCUT2D eigenvalue weighted by Gasteiger charge is -2.24. The number of aromatic hydroxyl groups is 1. The van der Waals surface area contributed by atoms with Gasteiger partial charge in [0.15, 0.2) is 0 Å². The van der Waals surface area contributed by atoms with Crippen molar-refractivity contribution in [1.29, 1.82) is 0 Å². The van der Waals surface area contributed by atoms with Crippen molar-refractivity contribution in [3.63, 3.8) is 0 Å². The molecule has 1 heterocycles. The van der Waals surface area contributed by atoms with Gasteiger partial charge in [-0.1, -0.05) is 48.5 Å². The Bertz CT molecular complexity index is 1370. The number of methoxy groups -OCH3 is 2. The fourth-order valence-corrected chi connectivity index (χ4v) is 3.86. The van der Waals surface area contributed by atoms with Gasteiger partial charge in [-0.25, -0.2) is 14.6 Å². The van der Waals surface area contributed by atoms with Crippen LogP contribution in [0.2, 0.25) is 0 Å². The minimum absolute atomic E-state index is 0.0336. The Kier molecular flexibility index (Phi) is 6.45. The molecule has 0 aliphatic rings. The molecule has 4 rings (SSSR count). The van der Waals surface area contributed by atoms with E-state index in [1.165, 1.54) is 32.4 Å². The lowest BCUT2D eigenvalue weighted by molar-refractivity contribution is 0.0587. The highest BCUT2D eigenvalue weighted by Gasteiger charge is 2.23. The maximum atomic E-state index is 12.5. The van der Waals surface area contributed by atoms with Crippen molar-refractivity contribution in [3.8, 4) is 5.75 Å². The summed E-state index contributed by atoms with van der Waals surface area (Å²) in [5.41, 5.74) is 3.54. The molecular formula is C27H24N2O5. The number of hydrogen-bond acceptors (Lipinski definition) is 7. The summed E-state index contributed by atoms with van der Waals surface area (Å²) in [5.74, 6) is -1.07. The number of esters is 2. The van der Waals surface area contributed by atoms with E-state index >= 15 is 0 Å². The molecule has 0 saturated heterocycles. The van der Waals surface area contributed by atoms with Crippen LogP contribution in [0.15, 0.2) is 72.8 Å². The van der Waals surface area contributed by atoms with Crippen LogP contribution in [0.5, 0.6) is 5.75 Å². The first-order valence-electron chi connectivity index (χ1n) is 10.6. The second-order valence-electron chi connectivity index (χ2n) is 7.76. The summed E-state index contributed by atoms with van der Waals surface area (Å²) in [7, 11) is 2.58. The Morgan fingerprint density at radius 3 is 2.32 bits per heavy atom. The van der Waals surface area contributed by atoms with Crippen LogP contribution in [0.25, 0.3) is 10.9 Å². The molecule has 0 spiro atoms. The molecular weight excluding hydrogens is 432 g/mol. The number of carbonyl (C=O) groups excluding carboxylic acids is 2. The van der Waals surface area contributed by atoms with Crippen LogP contribution in [0, 0.1) is 6.92 Å². The molecule has 0 radical (unpaired) electrons. The molecule has 1 unspecified atom stereocenters. The Labute approximate surface area is 197 Å². The molecule has 172 valence electrons. The summed E-state index contributed by atoms with van der Waals surface area (Å²) in [6, 6.07) is 21.0. The third-order valence-electron chi connectivity index (χ3n) is 5.60. The van der Waals surface area contributed by atoms with Crippen molar-refractivity contribution < 1.29 is 24.2 Å². The highest BCUT2D eigenvalue weighted by Crippen LogP contribution is 2.37. The smallest absolute Gasteiger partial charge is 0.339 e. The van der Waals surface area contributed by atoms with Gasteiger partial charge in [0, 0.05) is 16.6 Å². The van der Waals surface area contributed by atoms with Crippen LogP contribution in [0.1, 0.15) is 43.6 Å². The highest BCUT2D eigenvalue weighted by atomic mass is 16.5. The van der Waals surface area contributed by atoms with Crippen molar-refractivity contribution in [2.75, 3.05) is 19.5 Å². The number of rotatable bonds is 6. The zero-order valence-electron chi connectivity index (χ0n) is 19.0. The second-order valence-corrected chi connectivity index (χ2v) is 7.76. The monoisotopic (exact) mass is 456 g/mol. The van der Waals surface area contributed by atoms with Crippen molar-refractivity contribution in [1.82, 2.24) is 4.98 Å². The largest absolute Gasteiger partial charge is 0.505 e.